The summed E-state index contributed by atoms with van der Waals surface area (Å²) in [6, 6.07) is 12.8. The Morgan fingerprint density at radius 2 is 2.10 bits per heavy atom. The zero-order chi connectivity index (χ0) is 15.2. The normalized spacial score (nSPS) is 10.2. The van der Waals surface area contributed by atoms with Crippen molar-refractivity contribution in [3.63, 3.8) is 0 Å². The molecule has 0 amide bonds. The van der Waals surface area contributed by atoms with Gasteiger partial charge in [-0.1, -0.05) is 12.1 Å². The topological polar surface area (TPSA) is 64.4 Å². The molecular formula is C15H15IN2O3. The Hall–Kier alpha value is -1.83. The molecular weight excluding hydrogens is 383 g/mol. The maximum atomic E-state index is 11.1. The molecule has 0 saturated heterocycles. The monoisotopic (exact) mass is 398 g/mol. The van der Waals surface area contributed by atoms with Gasteiger partial charge in [-0.25, -0.2) is 0 Å². The average Bonchev–Trinajstić information content (AvgIpc) is 2.46. The van der Waals surface area contributed by atoms with Crippen LogP contribution in [0.2, 0.25) is 0 Å². The van der Waals surface area contributed by atoms with Crippen LogP contribution in [0.5, 0.6) is 5.75 Å². The summed E-state index contributed by atoms with van der Waals surface area (Å²) in [5.41, 5.74) is 1.36. The van der Waals surface area contributed by atoms with Crippen LogP contribution in [-0.2, 0) is 6.61 Å². The molecule has 110 valence electrons. The van der Waals surface area contributed by atoms with Crippen molar-refractivity contribution in [1.82, 2.24) is 0 Å². The Morgan fingerprint density at radius 1 is 1.29 bits per heavy atom. The van der Waals surface area contributed by atoms with Crippen molar-refractivity contribution in [3.05, 3.63) is 61.7 Å². The molecule has 0 spiro atoms. The van der Waals surface area contributed by atoms with E-state index in [0.717, 1.165) is 14.9 Å². The third-order valence-corrected chi connectivity index (χ3v) is 3.50. The lowest BCUT2D eigenvalue weighted by Gasteiger charge is -2.09. The number of benzene rings is 2. The maximum Gasteiger partial charge on any atom is 0.292 e. The molecule has 5 nitrogen and oxygen atoms in total. The van der Waals surface area contributed by atoms with Crippen molar-refractivity contribution >= 4 is 34.0 Å². The van der Waals surface area contributed by atoms with Crippen LogP contribution >= 0.6 is 22.6 Å². The lowest BCUT2D eigenvalue weighted by molar-refractivity contribution is -0.384. The summed E-state index contributed by atoms with van der Waals surface area (Å²) >= 11 is 2.21. The van der Waals surface area contributed by atoms with Crippen LogP contribution in [0.3, 0.4) is 0 Å². The van der Waals surface area contributed by atoms with E-state index in [1.807, 2.05) is 37.3 Å². The molecule has 0 saturated carbocycles. The van der Waals surface area contributed by atoms with Gasteiger partial charge in [0.15, 0.2) is 0 Å². The molecule has 0 radical (unpaired) electrons. The van der Waals surface area contributed by atoms with Crippen molar-refractivity contribution in [1.29, 1.82) is 0 Å². The second-order valence-corrected chi connectivity index (χ2v) is 5.63. The number of nitro benzene ring substituents is 1. The Kier molecular flexibility index (Phi) is 5.38. The van der Waals surface area contributed by atoms with Gasteiger partial charge in [0.25, 0.3) is 5.69 Å². The molecule has 0 unspecified atom stereocenters. The van der Waals surface area contributed by atoms with Gasteiger partial charge in [0.05, 0.1) is 4.92 Å². The highest BCUT2D eigenvalue weighted by Gasteiger charge is 2.14. The van der Waals surface area contributed by atoms with Gasteiger partial charge >= 0.3 is 0 Å². The molecule has 2 aromatic carbocycles. The molecule has 0 aromatic heterocycles. The first-order chi connectivity index (χ1) is 10.1. The predicted molar refractivity (Wildman–Crippen MR) is 90.8 cm³/mol. The van der Waals surface area contributed by atoms with E-state index in [1.165, 1.54) is 0 Å². The number of nitro groups is 1. The summed E-state index contributed by atoms with van der Waals surface area (Å²) in [6.45, 7) is 2.84. The minimum absolute atomic E-state index is 0.0700. The largest absolute Gasteiger partial charge is 0.489 e. The van der Waals surface area contributed by atoms with Crippen molar-refractivity contribution in [2.24, 2.45) is 0 Å². The van der Waals surface area contributed by atoms with E-state index in [1.54, 1.807) is 12.1 Å². The van der Waals surface area contributed by atoms with Crippen molar-refractivity contribution < 1.29 is 9.66 Å². The van der Waals surface area contributed by atoms with Crippen LogP contribution in [0, 0.1) is 13.7 Å². The van der Waals surface area contributed by atoms with E-state index in [0.29, 0.717) is 18.8 Å². The SMILES string of the molecule is CCNc1ccc(COc2cccc(I)c2)cc1[N+](=O)[O-]. The fourth-order valence-electron chi connectivity index (χ4n) is 1.88. The van der Waals surface area contributed by atoms with Gasteiger partial charge in [0.2, 0.25) is 0 Å². The number of halogens is 1. The standard InChI is InChI=1S/C15H15IN2O3/c1-2-17-14-7-6-11(8-15(14)18(19)20)10-21-13-5-3-4-12(16)9-13/h3-9,17H,2,10H2,1H3. The molecule has 0 atom stereocenters. The van der Waals surface area contributed by atoms with Crippen molar-refractivity contribution in [2.75, 3.05) is 11.9 Å². The molecule has 1 N–H and O–H groups in total. The number of rotatable bonds is 6. The van der Waals surface area contributed by atoms with Gasteiger partial charge in [0, 0.05) is 16.2 Å². The highest BCUT2D eigenvalue weighted by Crippen LogP contribution is 2.26. The summed E-state index contributed by atoms with van der Waals surface area (Å²) in [5.74, 6) is 0.750. The van der Waals surface area contributed by atoms with Gasteiger partial charge in [0.1, 0.15) is 18.0 Å². The fraction of sp³-hybridized carbons (Fsp3) is 0.200. The van der Waals surface area contributed by atoms with E-state index < -0.39 is 0 Å². The zero-order valence-corrected chi connectivity index (χ0v) is 13.7. The quantitative estimate of drug-likeness (QED) is 0.450. The fourth-order valence-corrected chi connectivity index (χ4v) is 2.40. The Morgan fingerprint density at radius 3 is 2.76 bits per heavy atom. The first kappa shape index (κ1) is 15.6. The minimum Gasteiger partial charge on any atom is -0.489 e. The summed E-state index contributed by atoms with van der Waals surface area (Å²) < 4.78 is 6.74. The number of ether oxygens (including phenoxy) is 1. The van der Waals surface area contributed by atoms with E-state index >= 15 is 0 Å². The third kappa shape index (κ3) is 4.32. The zero-order valence-electron chi connectivity index (χ0n) is 11.5. The van der Waals surface area contributed by atoms with Crippen LogP contribution < -0.4 is 10.1 Å². The van der Waals surface area contributed by atoms with E-state index in [2.05, 4.69) is 27.9 Å². The summed E-state index contributed by atoms with van der Waals surface area (Å²) in [7, 11) is 0. The molecule has 0 heterocycles. The molecule has 0 aliphatic rings. The summed E-state index contributed by atoms with van der Waals surface area (Å²) in [4.78, 5) is 10.7. The number of hydrogen-bond acceptors (Lipinski definition) is 4. The predicted octanol–water partition coefficient (Wildman–Crippen LogP) is 4.21. The average molecular weight is 398 g/mol. The van der Waals surface area contributed by atoms with E-state index in [-0.39, 0.29) is 10.6 Å². The lowest BCUT2D eigenvalue weighted by atomic mass is 10.2. The van der Waals surface area contributed by atoms with Gasteiger partial charge in [-0.05, 0) is 59.3 Å². The van der Waals surface area contributed by atoms with Crippen LogP contribution in [0.4, 0.5) is 11.4 Å². The second kappa shape index (κ2) is 7.26. The molecule has 0 bridgehead atoms. The van der Waals surface area contributed by atoms with Crippen molar-refractivity contribution in [3.8, 4) is 5.75 Å². The van der Waals surface area contributed by atoms with Gasteiger partial charge < -0.3 is 10.1 Å². The Bertz CT molecular complexity index is 647. The minimum atomic E-state index is -0.382. The number of hydrogen-bond donors (Lipinski definition) is 1. The Balaban J connectivity index is 2.13. The summed E-state index contributed by atoms with van der Waals surface area (Å²) in [6.07, 6.45) is 0. The molecule has 0 fully saturated rings. The van der Waals surface area contributed by atoms with Crippen molar-refractivity contribution in [2.45, 2.75) is 13.5 Å². The Labute approximate surface area is 136 Å². The van der Waals surface area contributed by atoms with Crippen LogP contribution in [0.25, 0.3) is 0 Å². The molecule has 2 aromatic rings. The highest BCUT2D eigenvalue weighted by atomic mass is 127. The number of nitrogens with one attached hydrogen (secondary N) is 1. The smallest absolute Gasteiger partial charge is 0.292 e. The van der Waals surface area contributed by atoms with Gasteiger partial charge in [-0.15, -0.1) is 0 Å². The number of anilines is 1. The highest BCUT2D eigenvalue weighted by molar-refractivity contribution is 14.1. The van der Waals surface area contributed by atoms with Crippen LogP contribution in [0.15, 0.2) is 42.5 Å². The van der Waals surface area contributed by atoms with Crippen LogP contribution in [0.1, 0.15) is 12.5 Å². The third-order valence-electron chi connectivity index (χ3n) is 2.83. The second-order valence-electron chi connectivity index (χ2n) is 4.38. The first-order valence-electron chi connectivity index (χ1n) is 6.49. The molecule has 6 heteroatoms. The van der Waals surface area contributed by atoms with E-state index in [4.69, 9.17) is 4.74 Å². The van der Waals surface area contributed by atoms with E-state index in [9.17, 15) is 10.1 Å². The summed E-state index contributed by atoms with van der Waals surface area (Å²) in [5, 5.41) is 14.1. The maximum absolute atomic E-state index is 11.1. The molecule has 2 rings (SSSR count). The van der Waals surface area contributed by atoms with Gasteiger partial charge in [-0.3, -0.25) is 10.1 Å². The lowest BCUT2D eigenvalue weighted by Crippen LogP contribution is -2.03. The first-order valence-corrected chi connectivity index (χ1v) is 7.57. The molecule has 0 aliphatic carbocycles. The molecule has 0 aliphatic heterocycles. The van der Waals surface area contributed by atoms with Crippen LogP contribution in [-0.4, -0.2) is 11.5 Å². The molecule has 21 heavy (non-hydrogen) atoms. The number of nitrogens with zero attached hydrogens (tertiary/aromatic N) is 1. The van der Waals surface area contributed by atoms with Gasteiger partial charge in [-0.2, -0.15) is 0 Å².